The molecule has 0 aromatic rings. The van der Waals surface area contributed by atoms with Gasteiger partial charge in [0.2, 0.25) is 29.5 Å². The van der Waals surface area contributed by atoms with Crippen molar-refractivity contribution in [1.82, 2.24) is 41.9 Å². The van der Waals surface area contributed by atoms with Gasteiger partial charge in [0.1, 0.15) is 19.1 Å². The third kappa shape index (κ3) is 28.8. The van der Waals surface area contributed by atoms with E-state index in [0.29, 0.717) is 26.1 Å². The third-order valence-corrected chi connectivity index (χ3v) is 10.2. The van der Waals surface area contributed by atoms with Crippen molar-refractivity contribution < 1.29 is 62.0 Å². The number of hydrogen-bond donors (Lipinski definition) is 6. The molecule has 0 spiro atoms. The number of ether oxygens (including phenoxy) is 5. The highest BCUT2D eigenvalue weighted by molar-refractivity contribution is 6.13. The number of carbonyl (C=O) groups is 8. The van der Waals surface area contributed by atoms with Crippen LogP contribution in [0.5, 0.6) is 0 Å². The summed E-state index contributed by atoms with van der Waals surface area (Å²) in [7, 11) is 3.50. The highest BCUT2D eigenvalue weighted by Gasteiger charge is 2.31. The summed E-state index contributed by atoms with van der Waals surface area (Å²) < 4.78 is 28.8. The van der Waals surface area contributed by atoms with Gasteiger partial charge in [0.15, 0.2) is 0 Å². The first-order chi connectivity index (χ1) is 31.6. The number of hydrogen-bond acceptors (Lipinski definition) is 15. The molecule has 0 unspecified atom stereocenters. The number of amides is 7. The predicted octanol–water partition coefficient (Wildman–Crippen LogP) is 1.14. The van der Waals surface area contributed by atoms with Crippen LogP contribution in [0.3, 0.4) is 0 Å². The van der Waals surface area contributed by atoms with Crippen molar-refractivity contribution in [3.05, 3.63) is 12.2 Å². The molecule has 68 heavy (non-hydrogen) atoms. The summed E-state index contributed by atoms with van der Waals surface area (Å²) in [6.07, 6.45) is 3.43. The molecule has 21 nitrogen and oxygen atoms in total. The Morgan fingerprint density at radius 1 is 0.691 bits per heavy atom. The lowest BCUT2D eigenvalue weighted by Gasteiger charge is -2.32. The molecule has 0 fully saturated rings. The summed E-state index contributed by atoms with van der Waals surface area (Å²) in [5.41, 5.74) is 0.352. The van der Waals surface area contributed by atoms with Gasteiger partial charge < -0.3 is 55.1 Å². The predicted molar refractivity (Wildman–Crippen MR) is 254 cm³/mol. The van der Waals surface area contributed by atoms with Gasteiger partial charge >= 0.3 is 0 Å². The van der Waals surface area contributed by atoms with Gasteiger partial charge in [0, 0.05) is 82.9 Å². The largest absolute Gasteiger partial charge is 0.379 e. The van der Waals surface area contributed by atoms with Gasteiger partial charge in [-0.25, -0.2) is 0 Å². The van der Waals surface area contributed by atoms with Crippen molar-refractivity contribution >= 4 is 47.6 Å². The highest BCUT2D eigenvalue weighted by Crippen LogP contribution is 2.23. The minimum absolute atomic E-state index is 0.0124. The van der Waals surface area contributed by atoms with Gasteiger partial charge in [-0.2, -0.15) is 5.01 Å². The zero-order valence-electron chi connectivity index (χ0n) is 42.9. The highest BCUT2D eigenvalue weighted by atomic mass is 16.5. The van der Waals surface area contributed by atoms with Gasteiger partial charge in [-0.15, -0.1) is 0 Å². The van der Waals surface area contributed by atoms with E-state index >= 15 is 0 Å². The van der Waals surface area contributed by atoms with E-state index in [0.717, 1.165) is 23.3 Å². The molecule has 7 amide bonds. The maximum Gasteiger partial charge on any atom is 0.253 e. The first kappa shape index (κ1) is 61.6. The van der Waals surface area contributed by atoms with Gasteiger partial charge in [-0.05, 0) is 52.0 Å². The third-order valence-electron chi connectivity index (χ3n) is 10.2. The fourth-order valence-electron chi connectivity index (χ4n) is 6.40. The van der Waals surface area contributed by atoms with E-state index in [2.05, 4.69) is 32.0 Å². The molecule has 1 heterocycles. The number of nitrogens with one attached hydrogen (secondary N) is 6. The van der Waals surface area contributed by atoms with Crippen molar-refractivity contribution in [2.24, 2.45) is 16.2 Å². The van der Waals surface area contributed by atoms with Crippen LogP contribution in [0.4, 0.5) is 0 Å². The second-order valence-corrected chi connectivity index (χ2v) is 20.9. The summed E-state index contributed by atoms with van der Waals surface area (Å²) in [5.74, 6) is -2.75. The van der Waals surface area contributed by atoms with E-state index < -0.39 is 46.5 Å². The lowest BCUT2D eigenvalue weighted by atomic mass is 9.89. The van der Waals surface area contributed by atoms with Gasteiger partial charge in [0.05, 0.1) is 64.0 Å². The molecule has 0 aromatic heterocycles. The molecule has 6 N–H and O–H groups in total. The molecule has 1 rings (SSSR count). The van der Waals surface area contributed by atoms with Crippen molar-refractivity contribution in [3.63, 3.8) is 0 Å². The monoisotopic (exact) mass is 969 g/mol. The number of nitrogens with zero attached hydrogens (tertiary/aromatic N) is 2. The Bertz CT molecular complexity index is 1650. The lowest BCUT2D eigenvalue weighted by molar-refractivity contribution is -0.137. The Hall–Kier alpha value is -4.38. The summed E-state index contributed by atoms with van der Waals surface area (Å²) in [4.78, 5) is 99.8. The number of rotatable bonds is 38. The van der Waals surface area contributed by atoms with Crippen LogP contribution < -0.4 is 32.0 Å². The van der Waals surface area contributed by atoms with Crippen LogP contribution in [0.15, 0.2) is 12.2 Å². The Balaban J connectivity index is 2.61. The number of hydrazine groups is 1. The molecule has 0 radical (unpaired) electrons. The fraction of sp³-hybridized carbons (Fsp3) is 0.787. The lowest BCUT2D eigenvalue weighted by Crippen LogP contribution is -2.55. The molecule has 0 bridgehead atoms. The number of carbonyl (C=O) groups excluding carboxylic acids is 8. The Labute approximate surface area is 403 Å². The van der Waals surface area contributed by atoms with Crippen LogP contribution in [-0.2, 0) is 62.0 Å². The first-order valence-electron chi connectivity index (χ1n) is 23.3. The first-order valence-corrected chi connectivity index (χ1v) is 23.3. The molecule has 0 saturated carbocycles. The van der Waals surface area contributed by atoms with E-state index in [-0.39, 0.29) is 126 Å². The minimum Gasteiger partial charge on any atom is -0.379 e. The second kappa shape index (κ2) is 30.3. The van der Waals surface area contributed by atoms with Crippen LogP contribution in [0.25, 0.3) is 0 Å². The fourth-order valence-corrected chi connectivity index (χ4v) is 6.40. The van der Waals surface area contributed by atoms with Gasteiger partial charge in [-0.1, -0.05) is 41.5 Å². The van der Waals surface area contributed by atoms with E-state index in [1.165, 1.54) is 5.01 Å². The quantitative estimate of drug-likeness (QED) is 0.0167. The smallest absolute Gasteiger partial charge is 0.253 e. The van der Waals surface area contributed by atoms with Crippen molar-refractivity contribution in [1.29, 1.82) is 0 Å². The maximum atomic E-state index is 13.6. The summed E-state index contributed by atoms with van der Waals surface area (Å²) in [6.45, 7) is 22.3. The molecule has 0 aliphatic carbocycles. The number of likely N-dealkylation sites (N-methyl/N-ethyl adjacent to an activating group) is 1. The zero-order chi connectivity index (χ0) is 51.6. The molecule has 390 valence electrons. The summed E-state index contributed by atoms with van der Waals surface area (Å²) in [5, 5.41) is 15.9. The topological polar surface area (TPSA) is 261 Å². The van der Waals surface area contributed by atoms with Crippen molar-refractivity contribution in [2.75, 3.05) is 99.9 Å². The Kier molecular flexibility index (Phi) is 27.4. The second-order valence-electron chi connectivity index (χ2n) is 20.9. The molecule has 0 aromatic carbocycles. The van der Waals surface area contributed by atoms with Crippen molar-refractivity contribution in [3.8, 4) is 0 Å². The number of aldehydes is 1. The van der Waals surface area contributed by atoms with E-state index in [1.54, 1.807) is 20.9 Å². The van der Waals surface area contributed by atoms with E-state index in [4.69, 9.17) is 23.7 Å². The minimum atomic E-state index is -1.08. The normalized spacial score (nSPS) is 14.0. The van der Waals surface area contributed by atoms with Crippen LogP contribution in [0.2, 0.25) is 0 Å². The molecular weight excluding hydrogens is 885 g/mol. The molecule has 1 atom stereocenters. The van der Waals surface area contributed by atoms with E-state index in [1.807, 2.05) is 62.4 Å². The molecule has 0 saturated heterocycles. The zero-order valence-corrected chi connectivity index (χ0v) is 42.9. The Morgan fingerprint density at radius 3 is 1.96 bits per heavy atom. The SMILES string of the molecule is CNCC(C)(C)OCC(C)(C)CNC(=O)CC(C)(C)COCN(C)NC(=O)CC[C@H](NC(=O)CCOCCOCCNC(=O)CCN1C(=O)C=CC1=O)C(=O)NC(C)(C)COCC(C)(C)CC=O. The summed E-state index contributed by atoms with van der Waals surface area (Å²) >= 11 is 0. The standard InChI is InChI=1S/C47H84N8O13/c1-43(2,19-22-56)30-66-33-46(7,8)52-42(63)35(51-37(58)18-23-64-25-26-65-24-20-49-36(57)17-21-55-40(61)15-16-41(55)62)13-14-38(59)53-54(12)34-67-31-44(3,4)27-39(60)50-28-45(5,6)32-68-47(9,10)29-48-11/h15-16,22,35,48H,13-14,17-21,23-34H2,1-12H3,(H,49,57)(H,50,60)(H,51,58)(H,52,63)(H,53,59)/t35-/m0/s1. The van der Waals surface area contributed by atoms with Crippen LogP contribution >= 0.6 is 0 Å². The number of imide groups is 1. The molecule has 21 heteroatoms. The van der Waals surface area contributed by atoms with Crippen LogP contribution in [0.1, 0.15) is 108 Å². The molecule has 1 aliphatic heterocycles. The summed E-state index contributed by atoms with van der Waals surface area (Å²) in [6, 6.07) is -1.08. The molecule has 1 aliphatic rings. The van der Waals surface area contributed by atoms with E-state index in [9.17, 15) is 38.4 Å². The molecular formula is C47H84N8O13. The Morgan fingerprint density at radius 2 is 1.32 bits per heavy atom. The maximum absolute atomic E-state index is 13.6. The van der Waals surface area contributed by atoms with Gasteiger partial charge in [-0.3, -0.25) is 43.9 Å². The van der Waals surface area contributed by atoms with Crippen LogP contribution in [0, 0.1) is 16.2 Å². The van der Waals surface area contributed by atoms with Crippen LogP contribution in [-0.4, -0.2) is 175 Å². The average Bonchev–Trinajstić information content (AvgIpc) is 3.54. The average molecular weight is 969 g/mol. The van der Waals surface area contributed by atoms with Crippen molar-refractivity contribution in [2.45, 2.75) is 125 Å². The van der Waals surface area contributed by atoms with Gasteiger partial charge in [0.25, 0.3) is 11.8 Å².